The summed E-state index contributed by atoms with van der Waals surface area (Å²) in [5.41, 5.74) is -0.0363. The average Bonchev–Trinajstić information content (AvgIpc) is 2.80. The van der Waals surface area contributed by atoms with Crippen molar-refractivity contribution in [3.8, 4) is 11.8 Å². The molecule has 0 saturated carbocycles. The first-order valence-corrected chi connectivity index (χ1v) is 11.4. The van der Waals surface area contributed by atoms with Crippen molar-refractivity contribution < 1.29 is 22.3 Å². The van der Waals surface area contributed by atoms with Crippen LogP contribution in [0.4, 0.5) is 11.4 Å². The molecule has 0 atom stereocenters. The molecule has 9 nitrogen and oxygen atoms in total. The molecule has 172 valence electrons. The van der Waals surface area contributed by atoms with Gasteiger partial charge in [0.15, 0.2) is 0 Å². The topological polar surface area (TPSA) is 139 Å². The van der Waals surface area contributed by atoms with Gasteiger partial charge in [-0.15, -0.1) is 0 Å². The van der Waals surface area contributed by atoms with Crippen LogP contribution in [0.25, 0.3) is 6.08 Å². The van der Waals surface area contributed by atoms with E-state index in [0.29, 0.717) is 5.56 Å². The number of benzene rings is 3. The largest absolute Gasteiger partial charge is 0.379 e. The van der Waals surface area contributed by atoms with E-state index in [2.05, 4.69) is 5.32 Å². The lowest BCUT2D eigenvalue weighted by Crippen LogP contribution is -2.13. The molecule has 34 heavy (non-hydrogen) atoms. The second kappa shape index (κ2) is 10.4. The number of nitro benzene ring substituents is 1. The number of amides is 1. The number of non-ortho nitro benzene ring substituents is 1. The fourth-order valence-electron chi connectivity index (χ4n) is 2.67. The van der Waals surface area contributed by atoms with E-state index in [-0.39, 0.29) is 37.6 Å². The number of hydrogen-bond acceptors (Lipinski definition) is 7. The Hall–Kier alpha value is -3.91. The molecule has 0 aliphatic rings. The normalized spacial score (nSPS) is 11.4. The molecule has 3 aromatic rings. The van der Waals surface area contributed by atoms with E-state index in [9.17, 15) is 28.6 Å². The molecule has 1 amide bonds. The number of anilines is 1. The smallest absolute Gasteiger partial charge is 0.339 e. The first-order chi connectivity index (χ1) is 16.1. The first kappa shape index (κ1) is 24.7. The molecule has 0 aliphatic heterocycles. The van der Waals surface area contributed by atoms with Crippen molar-refractivity contribution in [2.75, 3.05) is 5.32 Å². The fraction of sp³-hybridized carbons (Fsp3) is 0. The van der Waals surface area contributed by atoms with Crippen molar-refractivity contribution >= 4 is 56.7 Å². The zero-order chi connectivity index (χ0) is 24.9. The van der Waals surface area contributed by atoms with Crippen LogP contribution in [0.2, 0.25) is 10.0 Å². The Bertz CT molecular complexity index is 1450. The number of carbonyl (C=O) groups is 1. The van der Waals surface area contributed by atoms with E-state index in [1.54, 1.807) is 12.1 Å². The minimum atomic E-state index is -4.29. The number of halogens is 2. The zero-order valence-corrected chi connectivity index (χ0v) is 19.3. The van der Waals surface area contributed by atoms with E-state index in [1.165, 1.54) is 42.5 Å². The van der Waals surface area contributed by atoms with Crippen LogP contribution >= 0.6 is 23.2 Å². The number of nitriles is 1. The molecule has 0 spiro atoms. The summed E-state index contributed by atoms with van der Waals surface area (Å²) in [4.78, 5) is 22.3. The van der Waals surface area contributed by atoms with E-state index >= 15 is 0 Å². The molecule has 12 heteroatoms. The van der Waals surface area contributed by atoms with Gasteiger partial charge in [-0.1, -0.05) is 41.4 Å². The maximum Gasteiger partial charge on any atom is 0.339 e. The molecule has 3 rings (SSSR count). The summed E-state index contributed by atoms with van der Waals surface area (Å²) in [6.45, 7) is 0. The molecular weight excluding hydrogens is 505 g/mol. The van der Waals surface area contributed by atoms with Crippen molar-refractivity contribution in [1.29, 1.82) is 5.26 Å². The Balaban J connectivity index is 1.82. The van der Waals surface area contributed by atoms with Gasteiger partial charge in [0.1, 0.15) is 22.3 Å². The molecule has 0 bridgehead atoms. The molecule has 0 aromatic heterocycles. The van der Waals surface area contributed by atoms with Crippen LogP contribution in [0.1, 0.15) is 5.56 Å². The number of nitro groups is 1. The quantitative estimate of drug-likeness (QED) is 0.149. The zero-order valence-electron chi connectivity index (χ0n) is 16.9. The Kier molecular flexibility index (Phi) is 7.53. The highest BCUT2D eigenvalue weighted by Gasteiger charge is 2.19. The summed E-state index contributed by atoms with van der Waals surface area (Å²) in [5.74, 6) is -0.848. The van der Waals surface area contributed by atoms with Crippen LogP contribution in [0.3, 0.4) is 0 Å². The number of rotatable bonds is 7. The number of hydrogen-bond donors (Lipinski definition) is 1. The highest BCUT2D eigenvalue weighted by Crippen LogP contribution is 2.30. The van der Waals surface area contributed by atoms with Gasteiger partial charge in [0, 0.05) is 12.1 Å². The maximum absolute atomic E-state index is 12.5. The monoisotopic (exact) mass is 517 g/mol. The Labute approximate surface area is 204 Å². The molecule has 0 aliphatic carbocycles. The summed E-state index contributed by atoms with van der Waals surface area (Å²) in [6, 6.07) is 16.2. The lowest BCUT2D eigenvalue weighted by atomic mass is 10.1. The van der Waals surface area contributed by atoms with Crippen LogP contribution in [-0.4, -0.2) is 19.2 Å². The van der Waals surface area contributed by atoms with E-state index < -0.39 is 20.9 Å². The Morgan fingerprint density at radius 2 is 1.76 bits per heavy atom. The van der Waals surface area contributed by atoms with Gasteiger partial charge in [0.2, 0.25) is 0 Å². The lowest BCUT2D eigenvalue weighted by Gasteiger charge is -2.09. The van der Waals surface area contributed by atoms with Gasteiger partial charge in [-0.2, -0.15) is 13.7 Å². The van der Waals surface area contributed by atoms with Crippen molar-refractivity contribution in [3.63, 3.8) is 0 Å². The highest BCUT2D eigenvalue weighted by atomic mass is 35.5. The van der Waals surface area contributed by atoms with E-state index in [4.69, 9.17) is 27.4 Å². The number of carbonyl (C=O) groups excluding carboxylic acids is 1. The van der Waals surface area contributed by atoms with Crippen LogP contribution in [0.5, 0.6) is 5.75 Å². The van der Waals surface area contributed by atoms with E-state index in [0.717, 1.165) is 24.3 Å². The van der Waals surface area contributed by atoms with Gasteiger partial charge in [-0.05, 0) is 48.0 Å². The molecule has 0 unspecified atom stereocenters. The second-order valence-electron chi connectivity index (χ2n) is 6.59. The van der Waals surface area contributed by atoms with Gasteiger partial charge in [-0.3, -0.25) is 14.9 Å². The van der Waals surface area contributed by atoms with Gasteiger partial charge in [0.05, 0.1) is 20.7 Å². The predicted molar refractivity (Wildman–Crippen MR) is 126 cm³/mol. The average molecular weight is 518 g/mol. The van der Waals surface area contributed by atoms with Crippen LogP contribution < -0.4 is 9.50 Å². The summed E-state index contributed by atoms with van der Waals surface area (Å²) >= 11 is 12.0. The summed E-state index contributed by atoms with van der Waals surface area (Å²) in [6.07, 6.45) is 1.24. The first-order valence-electron chi connectivity index (χ1n) is 9.27. The second-order valence-corrected chi connectivity index (χ2v) is 8.92. The predicted octanol–water partition coefficient (Wildman–Crippen LogP) is 5.21. The summed E-state index contributed by atoms with van der Waals surface area (Å²) in [7, 11) is -4.29. The van der Waals surface area contributed by atoms with Crippen molar-refractivity contribution in [3.05, 3.63) is 98.0 Å². The van der Waals surface area contributed by atoms with E-state index in [1.807, 2.05) is 0 Å². The van der Waals surface area contributed by atoms with Gasteiger partial charge in [0.25, 0.3) is 11.6 Å². The SMILES string of the molecule is N#C/C(=C\c1cccc(OS(=O)(=O)c2ccc([N+](=O)[O-])cc2)c1)C(=O)Nc1cccc(Cl)c1Cl. The van der Waals surface area contributed by atoms with Gasteiger partial charge < -0.3 is 9.50 Å². The van der Waals surface area contributed by atoms with Crippen LogP contribution in [-0.2, 0) is 14.9 Å². The summed E-state index contributed by atoms with van der Waals surface area (Å²) < 4.78 is 30.1. The van der Waals surface area contributed by atoms with Crippen LogP contribution in [0.15, 0.2) is 77.2 Å². The molecule has 1 N–H and O–H groups in total. The minimum absolute atomic E-state index is 0.0947. The van der Waals surface area contributed by atoms with Gasteiger partial charge >= 0.3 is 10.1 Å². The molecule has 0 fully saturated rings. The fourth-order valence-corrected chi connectivity index (χ4v) is 3.94. The van der Waals surface area contributed by atoms with Crippen molar-refractivity contribution in [2.45, 2.75) is 4.90 Å². The standard InChI is InChI=1S/C22H13Cl2N3O6S/c23-19-5-2-6-20(21(19)24)26-22(28)15(13-25)11-14-3-1-4-17(12-14)33-34(31,32)18-9-7-16(8-10-18)27(29)30/h1-12H,(H,26,28)/b15-11+. The Morgan fingerprint density at radius 1 is 1.09 bits per heavy atom. The highest BCUT2D eigenvalue weighted by molar-refractivity contribution is 7.87. The molecule has 0 radical (unpaired) electrons. The molecular formula is C22H13Cl2N3O6S. The van der Waals surface area contributed by atoms with Gasteiger partial charge in [-0.25, -0.2) is 0 Å². The molecule has 0 saturated heterocycles. The number of nitrogens with zero attached hydrogens (tertiary/aromatic N) is 2. The third kappa shape index (κ3) is 5.90. The maximum atomic E-state index is 12.5. The van der Waals surface area contributed by atoms with Crippen molar-refractivity contribution in [1.82, 2.24) is 0 Å². The minimum Gasteiger partial charge on any atom is -0.379 e. The third-order valence-electron chi connectivity index (χ3n) is 4.28. The summed E-state index contributed by atoms with van der Waals surface area (Å²) in [5, 5.41) is 23.0. The van der Waals surface area contributed by atoms with Crippen LogP contribution in [0, 0.1) is 21.4 Å². The molecule has 0 heterocycles. The molecule has 3 aromatic carbocycles. The third-order valence-corrected chi connectivity index (χ3v) is 6.36. The lowest BCUT2D eigenvalue weighted by molar-refractivity contribution is -0.384. The van der Waals surface area contributed by atoms with Crippen molar-refractivity contribution in [2.24, 2.45) is 0 Å². The number of nitrogens with one attached hydrogen (secondary N) is 1. The Morgan fingerprint density at radius 3 is 2.41 bits per heavy atom.